The number of Topliss-reactive ketones (excluding diaryl/α,β-unsaturated/α-hetero) is 1. The van der Waals surface area contributed by atoms with Crippen LogP contribution in [0.25, 0.3) is 17.1 Å². The number of nitrogens with one attached hydrogen (secondary N) is 2. The molecular formula is C26H22N4O5. The van der Waals surface area contributed by atoms with Crippen molar-refractivity contribution in [1.29, 1.82) is 0 Å². The van der Waals surface area contributed by atoms with Crippen LogP contribution in [-0.2, 0) is 20.9 Å². The summed E-state index contributed by atoms with van der Waals surface area (Å²) in [7, 11) is 0. The smallest absolute Gasteiger partial charge is 0.345 e. The third kappa shape index (κ3) is 4.51. The molecule has 176 valence electrons. The van der Waals surface area contributed by atoms with Gasteiger partial charge in [0.2, 0.25) is 11.7 Å². The van der Waals surface area contributed by atoms with Gasteiger partial charge in [0.15, 0.2) is 11.3 Å². The Morgan fingerprint density at radius 3 is 2.86 bits per heavy atom. The first-order chi connectivity index (χ1) is 17.0. The van der Waals surface area contributed by atoms with Crippen LogP contribution in [0, 0.1) is 6.92 Å². The van der Waals surface area contributed by atoms with Crippen LogP contribution in [0.1, 0.15) is 11.1 Å². The minimum absolute atomic E-state index is 0.0859. The van der Waals surface area contributed by atoms with Gasteiger partial charge in [-0.25, -0.2) is 9.78 Å². The quantitative estimate of drug-likeness (QED) is 0.262. The number of H-pyrrole nitrogens is 1. The molecule has 3 N–H and O–H groups in total. The summed E-state index contributed by atoms with van der Waals surface area (Å²) in [5.74, 6) is -1.61. The van der Waals surface area contributed by atoms with E-state index in [0.29, 0.717) is 29.3 Å². The van der Waals surface area contributed by atoms with Gasteiger partial charge in [0.25, 0.3) is 0 Å². The number of carboxylic acids is 1. The maximum Gasteiger partial charge on any atom is 0.345 e. The fraction of sp³-hybridized carbons (Fsp3) is 0.115. The number of aromatic nitrogens is 3. The molecule has 0 saturated heterocycles. The number of aryl methyl sites for hydroxylation is 1. The van der Waals surface area contributed by atoms with Crippen molar-refractivity contribution in [3.05, 3.63) is 95.6 Å². The number of aliphatic carboxylic acids is 1. The van der Waals surface area contributed by atoms with E-state index < -0.39 is 17.3 Å². The number of ether oxygens (including phenoxy) is 2. The topological polar surface area (TPSA) is 118 Å². The van der Waals surface area contributed by atoms with E-state index in [4.69, 9.17) is 9.47 Å². The van der Waals surface area contributed by atoms with Crippen molar-refractivity contribution in [2.24, 2.45) is 0 Å². The number of carboxylic acid groups (broad SMARTS) is 1. The van der Waals surface area contributed by atoms with Gasteiger partial charge in [-0.05, 0) is 61.0 Å². The molecule has 0 unspecified atom stereocenters. The molecule has 0 radical (unpaired) electrons. The normalized spacial score (nSPS) is 14.5. The van der Waals surface area contributed by atoms with Gasteiger partial charge in [-0.1, -0.05) is 0 Å². The van der Waals surface area contributed by atoms with Crippen LogP contribution < -0.4 is 10.1 Å². The second-order valence-corrected chi connectivity index (χ2v) is 7.96. The Labute approximate surface area is 200 Å². The van der Waals surface area contributed by atoms with Crippen LogP contribution in [-0.4, -0.2) is 38.0 Å². The van der Waals surface area contributed by atoms with Crippen LogP contribution in [0.15, 0.2) is 84.5 Å². The predicted octanol–water partition coefficient (Wildman–Crippen LogP) is 4.10. The number of benzene rings is 1. The summed E-state index contributed by atoms with van der Waals surface area (Å²) in [5, 5.41) is 13.4. The van der Waals surface area contributed by atoms with Gasteiger partial charge in [0, 0.05) is 41.4 Å². The molecule has 0 spiro atoms. The van der Waals surface area contributed by atoms with E-state index in [2.05, 4.69) is 15.3 Å². The molecule has 5 rings (SSSR count). The number of nitrogens with zero attached hydrogens (tertiary/aromatic N) is 2. The van der Waals surface area contributed by atoms with E-state index in [-0.39, 0.29) is 11.6 Å². The molecule has 0 atom stereocenters. The van der Waals surface area contributed by atoms with Crippen LogP contribution in [0.4, 0.5) is 5.69 Å². The van der Waals surface area contributed by atoms with Gasteiger partial charge in [0.1, 0.15) is 18.0 Å². The number of anilines is 1. The lowest BCUT2D eigenvalue weighted by molar-refractivity contribution is -0.134. The fourth-order valence-electron chi connectivity index (χ4n) is 3.83. The number of hydrogen-bond acceptors (Lipinski definition) is 6. The monoisotopic (exact) mass is 470 g/mol. The van der Waals surface area contributed by atoms with Gasteiger partial charge in [-0.3, -0.25) is 4.79 Å². The molecule has 0 saturated carbocycles. The Morgan fingerprint density at radius 1 is 1.26 bits per heavy atom. The van der Waals surface area contributed by atoms with Crippen molar-refractivity contribution in [2.75, 3.05) is 11.9 Å². The molecule has 0 aliphatic carbocycles. The SMILES string of the molecule is Cc1cc(OCCn2cccc2)ccc1NC1=C(C(=O)O)C(=O)/C(=C/c2c[nH]c3ncccc23)O1. The molecule has 1 aliphatic rings. The summed E-state index contributed by atoms with van der Waals surface area (Å²) in [6.07, 6.45) is 8.79. The maximum absolute atomic E-state index is 12.8. The molecule has 4 aromatic rings. The van der Waals surface area contributed by atoms with Crippen molar-refractivity contribution in [2.45, 2.75) is 13.5 Å². The highest BCUT2D eigenvalue weighted by atomic mass is 16.5. The zero-order valence-electron chi connectivity index (χ0n) is 18.8. The van der Waals surface area contributed by atoms with Crippen LogP contribution in [0.5, 0.6) is 5.75 Å². The highest BCUT2D eigenvalue weighted by Gasteiger charge is 2.36. The third-order valence-corrected chi connectivity index (χ3v) is 5.60. The predicted molar refractivity (Wildman–Crippen MR) is 130 cm³/mol. The van der Waals surface area contributed by atoms with Crippen LogP contribution in [0.2, 0.25) is 0 Å². The Kier molecular flexibility index (Phi) is 5.80. The summed E-state index contributed by atoms with van der Waals surface area (Å²) in [6.45, 7) is 3.08. The third-order valence-electron chi connectivity index (χ3n) is 5.60. The van der Waals surface area contributed by atoms with Crippen molar-refractivity contribution in [3.63, 3.8) is 0 Å². The molecule has 35 heavy (non-hydrogen) atoms. The zero-order valence-corrected chi connectivity index (χ0v) is 18.8. The number of fused-ring (bicyclic) bond motifs is 1. The minimum atomic E-state index is -1.37. The summed E-state index contributed by atoms with van der Waals surface area (Å²) in [4.78, 5) is 31.9. The molecule has 9 heteroatoms. The van der Waals surface area contributed by atoms with E-state index in [0.717, 1.165) is 17.5 Å². The number of aromatic amines is 1. The molecule has 0 fully saturated rings. The Bertz CT molecular complexity index is 1480. The highest BCUT2D eigenvalue weighted by Crippen LogP contribution is 2.31. The maximum atomic E-state index is 12.8. The summed E-state index contributed by atoms with van der Waals surface area (Å²) in [5.41, 5.74) is 2.26. The highest BCUT2D eigenvalue weighted by molar-refractivity contribution is 6.26. The van der Waals surface area contributed by atoms with Crippen molar-refractivity contribution in [3.8, 4) is 5.75 Å². The van der Waals surface area contributed by atoms with Gasteiger partial charge < -0.3 is 29.4 Å². The number of allylic oxidation sites excluding steroid dienone is 1. The largest absolute Gasteiger partial charge is 0.492 e. The van der Waals surface area contributed by atoms with E-state index in [1.54, 1.807) is 30.6 Å². The zero-order chi connectivity index (χ0) is 24.4. The Balaban J connectivity index is 1.33. The number of hydrogen-bond donors (Lipinski definition) is 3. The van der Waals surface area contributed by atoms with Crippen LogP contribution in [0.3, 0.4) is 0 Å². The number of ketones is 1. The summed E-state index contributed by atoms with van der Waals surface area (Å²) in [6, 6.07) is 12.9. The lowest BCUT2D eigenvalue weighted by atomic mass is 10.1. The van der Waals surface area contributed by atoms with Crippen molar-refractivity contribution >= 4 is 34.5 Å². The van der Waals surface area contributed by atoms with Gasteiger partial charge >= 0.3 is 5.97 Å². The lowest BCUT2D eigenvalue weighted by Gasteiger charge is -2.13. The molecule has 9 nitrogen and oxygen atoms in total. The van der Waals surface area contributed by atoms with Gasteiger partial charge in [0.05, 0.1) is 6.54 Å². The first-order valence-corrected chi connectivity index (χ1v) is 10.9. The molecular weight excluding hydrogens is 448 g/mol. The minimum Gasteiger partial charge on any atom is -0.492 e. The molecule has 4 heterocycles. The summed E-state index contributed by atoms with van der Waals surface area (Å²) < 4.78 is 13.5. The molecule has 3 aromatic heterocycles. The first-order valence-electron chi connectivity index (χ1n) is 10.9. The number of carbonyl (C=O) groups is 2. The van der Waals surface area contributed by atoms with Gasteiger partial charge in [-0.15, -0.1) is 0 Å². The van der Waals surface area contributed by atoms with Crippen molar-refractivity contribution < 1.29 is 24.2 Å². The number of pyridine rings is 1. The number of rotatable bonds is 8. The molecule has 1 aromatic carbocycles. The lowest BCUT2D eigenvalue weighted by Crippen LogP contribution is -2.12. The average molecular weight is 470 g/mol. The van der Waals surface area contributed by atoms with E-state index in [1.165, 1.54) is 6.08 Å². The van der Waals surface area contributed by atoms with Gasteiger partial charge in [-0.2, -0.15) is 0 Å². The second-order valence-electron chi connectivity index (χ2n) is 7.96. The standard InChI is InChI=1S/C26H22N4O5/c1-16-13-18(34-12-11-30-9-2-3-10-30)6-7-20(16)29-25-22(26(32)33)23(31)21(35-25)14-17-15-28-24-19(17)5-4-8-27-24/h2-10,13-15,29H,11-12H2,1H3,(H,27,28)(H,32,33)/b21-14-. The molecule has 0 bridgehead atoms. The fourth-order valence-corrected chi connectivity index (χ4v) is 3.83. The average Bonchev–Trinajstić information content (AvgIpc) is 3.56. The molecule has 1 aliphatic heterocycles. The van der Waals surface area contributed by atoms with E-state index >= 15 is 0 Å². The van der Waals surface area contributed by atoms with Crippen molar-refractivity contribution in [1.82, 2.24) is 14.5 Å². The van der Waals surface area contributed by atoms with E-state index in [1.807, 2.05) is 48.1 Å². The number of carbonyl (C=O) groups excluding carboxylic acids is 1. The first kappa shape index (κ1) is 22.0. The molecule has 0 amide bonds. The van der Waals surface area contributed by atoms with E-state index in [9.17, 15) is 14.7 Å². The summed E-state index contributed by atoms with van der Waals surface area (Å²) >= 11 is 0. The Hall–Kier alpha value is -4.79. The second kappa shape index (κ2) is 9.22. The van der Waals surface area contributed by atoms with Crippen LogP contribution >= 0.6 is 0 Å². The Morgan fingerprint density at radius 2 is 2.09 bits per heavy atom.